The Bertz CT molecular complexity index is 2420. The number of ether oxygens (including phenoxy) is 5. The number of nitrogens with zero attached hydrogens (tertiary/aromatic N) is 6. The van der Waals surface area contributed by atoms with E-state index < -0.39 is 52.9 Å². The molecule has 0 unspecified atom stereocenters. The molecule has 17 heteroatoms. The van der Waals surface area contributed by atoms with Crippen LogP contribution in [-0.2, 0) is 35.9 Å². The summed E-state index contributed by atoms with van der Waals surface area (Å²) in [4.78, 5) is 53.2. The first-order chi connectivity index (χ1) is 28.1. The van der Waals surface area contributed by atoms with E-state index in [9.17, 15) is 29.6 Å². The molecule has 0 bridgehead atoms. The Labute approximate surface area is 330 Å². The molecule has 4 aromatic carbocycles. The second-order valence-corrected chi connectivity index (χ2v) is 13.4. The van der Waals surface area contributed by atoms with Crippen LogP contribution in [0.5, 0.6) is 11.5 Å². The van der Waals surface area contributed by atoms with Crippen molar-refractivity contribution in [2.45, 2.75) is 49.8 Å². The van der Waals surface area contributed by atoms with Crippen molar-refractivity contribution in [3.05, 3.63) is 152 Å². The van der Waals surface area contributed by atoms with E-state index in [1.54, 1.807) is 20.3 Å². The molecule has 0 spiro atoms. The number of nitro groups is 1. The number of carbonyl (C=O) groups is 2. The van der Waals surface area contributed by atoms with Gasteiger partial charge < -0.3 is 28.8 Å². The van der Waals surface area contributed by atoms with Gasteiger partial charge in [0.2, 0.25) is 0 Å². The molecule has 1 aliphatic heterocycles. The molecule has 0 aliphatic carbocycles. The molecule has 6 aromatic rings. The number of carbonyl (C=O) groups excluding carboxylic acids is 1. The zero-order valence-corrected chi connectivity index (χ0v) is 31.4. The van der Waals surface area contributed by atoms with Gasteiger partial charge in [-0.1, -0.05) is 78.0 Å². The van der Waals surface area contributed by atoms with Crippen LogP contribution in [0.25, 0.3) is 11.2 Å². The zero-order chi connectivity index (χ0) is 40.8. The van der Waals surface area contributed by atoms with Gasteiger partial charge in [0.25, 0.3) is 11.2 Å². The number of hydrogen-bond donors (Lipinski definition) is 1. The third kappa shape index (κ3) is 7.98. The lowest BCUT2D eigenvalue weighted by molar-refractivity contribution is -0.385. The average Bonchev–Trinajstić information content (AvgIpc) is 3.86. The van der Waals surface area contributed by atoms with Gasteiger partial charge in [-0.2, -0.15) is 0 Å². The summed E-state index contributed by atoms with van der Waals surface area (Å²) in [5, 5.41) is 29.1. The standard InChI is InChI=1S/C41H38N6O11/c1-54-30-16-12-28(13-17-30)41(27-9-4-3-5-10-27,29-14-18-31(55-2)19-15-29)56-24-34-33(58-37(50)21-20-36(48)49)22-35(57-34)45-25-42-38-39(45)43-44-46(40(38)51)23-26-8-6-7-11-32(26)47(52)53/h3-19,25,33-35H,20-24H2,1-2H3,(H,48,49)/t33-,34+,35+/m0/s1. The number of hydrogen-bond acceptors (Lipinski definition) is 13. The van der Waals surface area contributed by atoms with Crippen LogP contribution in [-0.4, -0.2) is 79.5 Å². The lowest BCUT2D eigenvalue weighted by Gasteiger charge is -2.37. The SMILES string of the molecule is COc1ccc(C(OC[C@H]2O[C@@H](n3cnc4c(=O)n(Cc5ccccc5[N+](=O)[O-])nnc43)C[C@@H]2OC(=O)CCC(=O)O)(c2ccccc2)c2ccc(OC)cc2)cc1. The number of imidazole rings is 1. The van der Waals surface area contributed by atoms with E-state index in [4.69, 9.17) is 23.7 Å². The van der Waals surface area contributed by atoms with Gasteiger partial charge in [-0.3, -0.25) is 29.1 Å². The van der Waals surface area contributed by atoms with Gasteiger partial charge in [0, 0.05) is 12.5 Å². The minimum Gasteiger partial charge on any atom is -0.497 e. The number of carboxylic acids is 1. The highest BCUT2D eigenvalue weighted by Crippen LogP contribution is 2.43. The van der Waals surface area contributed by atoms with Crippen molar-refractivity contribution in [3.8, 4) is 11.5 Å². The molecule has 298 valence electrons. The van der Waals surface area contributed by atoms with E-state index in [0.717, 1.165) is 21.4 Å². The lowest BCUT2D eigenvalue weighted by atomic mass is 9.80. The van der Waals surface area contributed by atoms with Crippen LogP contribution in [0.1, 0.15) is 47.7 Å². The van der Waals surface area contributed by atoms with Crippen molar-refractivity contribution in [1.82, 2.24) is 24.5 Å². The molecular weight excluding hydrogens is 752 g/mol. The summed E-state index contributed by atoms with van der Waals surface area (Å²) in [5.74, 6) is -0.617. The summed E-state index contributed by atoms with van der Waals surface area (Å²) in [5.41, 5.74) is 0.498. The fraction of sp³-hybridized carbons (Fsp3) is 0.268. The molecule has 17 nitrogen and oxygen atoms in total. The quantitative estimate of drug-likeness (QED) is 0.0590. The van der Waals surface area contributed by atoms with Gasteiger partial charge in [-0.05, 0) is 41.0 Å². The molecule has 0 radical (unpaired) electrons. The number of fused-ring (bicyclic) bond motifs is 1. The first-order valence-electron chi connectivity index (χ1n) is 18.2. The first kappa shape index (κ1) is 39.3. The second kappa shape index (κ2) is 17.0. The number of carboxylic acid groups (broad SMARTS) is 1. The predicted octanol–water partition coefficient (Wildman–Crippen LogP) is 5.03. The first-order valence-corrected chi connectivity index (χ1v) is 18.2. The molecule has 1 fully saturated rings. The number of nitro benzene ring substituents is 1. The van der Waals surface area contributed by atoms with E-state index in [1.165, 1.54) is 29.1 Å². The molecule has 2 aromatic heterocycles. The number of para-hydroxylation sites is 1. The Balaban J connectivity index is 1.24. The topological polar surface area (TPSA) is 209 Å². The fourth-order valence-electron chi connectivity index (χ4n) is 7.03. The van der Waals surface area contributed by atoms with Crippen LogP contribution in [0.4, 0.5) is 5.69 Å². The normalized spacial score (nSPS) is 16.6. The van der Waals surface area contributed by atoms with Crippen LogP contribution in [0.2, 0.25) is 0 Å². The lowest BCUT2D eigenvalue weighted by Crippen LogP contribution is -2.39. The molecule has 1 saturated heterocycles. The van der Waals surface area contributed by atoms with Crippen LogP contribution in [0.15, 0.2) is 114 Å². The maximum absolute atomic E-state index is 13.6. The monoisotopic (exact) mass is 790 g/mol. The molecule has 3 heterocycles. The predicted molar refractivity (Wildman–Crippen MR) is 205 cm³/mol. The van der Waals surface area contributed by atoms with E-state index in [0.29, 0.717) is 11.5 Å². The summed E-state index contributed by atoms with van der Waals surface area (Å²) in [6.07, 6.45) is -2.11. The third-order valence-electron chi connectivity index (χ3n) is 9.91. The molecule has 58 heavy (non-hydrogen) atoms. The van der Waals surface area contributed by atoms with E-state index in [2.05, 4.69) is 15.3 Å². The minimum atomic E-state index is -1.24. The molecule has 7 rings (SSSR count). The Kier molecular flexibility index (Phi) is 11.5. The van der Waals surface area contributed by atoms with E-state index in [-0.39, 0.29) is 48.4 Å². The number of rotatable bonds is 16. The van der Waals surface area contributed by atoms with Gasteiger partial charge >= 0.3 is 11.9 Å². The number of esters is 1. The fourth-order valence-corrected chi connectivity index (χ4v) is 7.03. The van der Waals surface area contributed by atoms with Gasteiger partial charge in [0.1, 0.15) is 35.5 Å². The van der Waals surface area contributed by atoms with Crippen molar-refractivity contribution < 1.29 is 43.3 Å². The number of aromatic nitrogens is 5. The van der Waals surface area contributed by atoms with Gasteiger partial charge in [-0.25, -0.2) is 9.67 Å². The Hall–Kier alpha value is -6.98. The van der Waals surface area contributed by atoms with E-state index in [1.807, 2.05) is 78.9 Å². The largest absolute Gasteiger partial charge is 0.497 e. The second-order valence-electron chi connectivity index (χ2n) is 13.4. The Morgan fingerprint density at radius 3 is 2.14 bits per heavy atom. The molecule has 0 amide bonds. The van der Waals surface area contributed by atoms with Crippen molar-refractivity contribution in [2.75, 3.05) is 20.8 Å². The maximum atomic E-state index is 13.6. The van der Waals surface area contributed by atoms with Crippen LogP contribution >= 0.6 is 0 Å². The van der Waals surface area contributed by atoms with Crippen LogP contribution in [0.3, 0.4) is 0 Å². The summed E-state index contributed by atoms with van der Waals surface area (Å²) in [6, 6.07) is 30.5. The smallest absolute Gasteiger partial charge is 0.306 e. The van der Waals surface area contributed by atoms with Gasteiger partial charge in [0.15, 0.2) is 11.2 Å². The number of benzene rings is 4. The van der Waals surface area contributed by atoms with Crippen molar-refractivity contribution in [3.63, 3.8) is 0 Å². The summed E-state index contributed by atoms with van der Waals surface area (Å²) < 4.78 is 32.9. The number of methoxy groups -OCH3 is 2. The Morgan fingerprint density at radius 1 is 0.897 bits per heavy atom. The summed E-state index contributed by atoms with van der Waals surface area (Å²) in [7, 11) is 3.16. The molecule has 0 saturated carbocycles. The molecule has 1 N–H and O–H groups in total. The van der Waals surface area contributed by atoms with Crippen LogP contribution < -0.4 is 15.0 Å². The zero-order valence-electron chi connectivity index (χ0n) is 31.4. The molecular formula is C41H38N6O11. The minimum absolute atomic E-state index is 0.0582. The maximum Gasteiger partial charge on any atom is 0.306 e. The van der Waals surface area contributed by atoms with Crippen molar-refractivity contribution in [2.24, 2.45) is 0 Å². The van der Waals surface area contributed by atoms with Crippen molar-refractivity contribution in [1.29, 1.82) is 0 Å². The highest BCUT2D eigenvalue weighted by atomic mass is 16.6. The summed E-state index contributed by atoms with van der Waals surface area (Å²) >= 11 is 0. The molecule has 3 atom stereocenters. The highest BCUT2D eigenvalue weighted by molar-refractivity contribution is 5.76. The Morgan fingerprint density at radius 2 is 1.52 bits per heavy atom. The van der Waals surface area contributed by atoms with Gasteiger partial charge in [-0.15, -0.1) is 5.10 Å². The third-order valence-corrected chi connectivity index (χ3v) is 9.91. The summed E-state index contributed by atoms with van der Waals surface area (Å²) in [6.45, 7) is -0.355. The average molecular weight is 791 g/mol. The van der Waals surface area contributed by atoms with Crippen LogP contribution in [0, 0.1) is 10.1 Å². The number of aliphatic carboxylic acids is 1. The van der Waals surface area contributed by atoms with E-state index >= 15 is 0 Å². The van der Waals surface area contributed by atoms with Gasteiger partial charge in [0.05, 0.1) is 57.0 Å². The molecule has 1 aliphatic rings. The highest BCUT2D eigenvalue weighted by Gasteiger charge is 2.44. The van der Waals surface area contributed by atoms with Crippen molar-refractivity contribution >= 4 is 28.8 Å².